The van der Waals surface area contributed by atoms with E-state index in [1.54, 1.807) is 13.8 Å². The van der Waals surface area contributed by atoms with Crippen molar-refractivity contribution in [3.63, 3.8) is 0 Å². The average molecular weight is 258 g/mol. The summed E-state index contributed by atoms with van der Waals surface area (Å²) in [5.74, 6) is -3.09. The lowest BCUT2D eigenvalue weighted by Crippen LogP contribution is -2.31. The zero-order valence-corrected chi connectivity index (χ0v) is 9.94. The van der Waals surface area contributed by atoms with Crippen molar-refractivity contribution in [2.45, 2.75) is 13.8 Å². The fraction of sp³-hybridized carbons (Fsp3) is 0.364. The van der Waals surface area contributed by atoms with Gasteiger partial charge in [0.15, 0.2) is 0 Å². The predicted molar refractivity (Wildman–Crippen MR) is 60.3 cm³/mol. The van der Waals surface area contributed by atoms with Crippen molar-refractivity contribution in [2.75, 3.05) is 13.1 Å². The number of carbonyl (C=O) groups is 1. The third-order valence-corrected chi connectivity index (χ3v) is 2.50. The first kappa shape index (κ1) is 14.0. The molecule has 0 aliphatic carbocycles. The van der Waals surface area contributed by atoms with Crippen LogP contribution >= 0.6 is 0 Å². The molecular weight excluding hydrogens is 246 g/mol. The van der Waals surface area contributed by atoms with Crippen molar-refractivity contribution in [3.8, 4) is 0 Å². The van der Waals surface area contributed by atoms with Crippen LogP contribution in [-0.2, 0) is 0 Å². The van der Waals surface area contributed by atoms with Crippen LogP contribution in [0.1, 0.15) is 24.2 Å². The molecule has 0 bridgehead atoms. The lowest BCUT2D eigenvalue weighted by Gasteiger charge is -2.18. The number of hydrogen-bond acceptors (Lipinski definition) is 3. The summed E-state index contributed by atoms with van der Waals surface area (Å²) in [5.41, 5.74) is -1.66. The Bertz CT molecular complexity index is 487. The van der Waals surface area contributed by atoms with Crippen LogP contribution in [-0.4, -0.2) is 28.8 Å². The number of nitro groups is 1. The maximum Gasteiger partial charge on any atom is 0.308 e. The van der Waals surface area contributed by atoms with Crippen molar-refractivity contribution < 1.29 is 18.5 Å². The Balaban J connectivity index is 3.32. The van der Waals surface area contributed by atoms with Crippen LogP contribution in [0.3, 0.4) is 0 Å². The summed E-state index contributed by atoms with van der Waals surface area (Å²) in [4.78, 5) is 22.6. The summed E-state index contributed by atoms with van der Waals surface area (Å²) in [6.07, 6.45) is 0. The fourth-order valence-electron chi connectivity index (χ4n) is 1.54. The number of rotatable bonds is 4. The standard InChI is InChI=1S/C11H12F2N2O3/c1-3-14(4-2)11(16)8-5-7(12)6-9(10(8)13)15(17)18/h5-6H,3-4H2,1-2H3. The first-order chi connectivity index (χ1) is 8.42. The maximum absolute atomic E-state index is 13.7. The lowest BCUT2D eigenvalue weighted by atomic mass is 10.1. The minimum Gasteiger partial charge on any atom is -0.339 e. The number of amides is 1. The molecule has 0 fully saturated rings. The van der Waals surface area contributed by atoms with Crippen molar-refractivity contribution in [1.82, 2.24) is 4.90 Å². The molecule has 5 nitrogen and oxygen atoms in total. The maximum atomic E-state index is 13.7. The third-order valence-electron chi connectivity index (χ3n) is 2.50. The molecule has 18 heavy (non-hydrogen) atoms. The summed E-state index contributed by atoms with van der Waals surface area (Å²) < 4.78 is 26.9. The second kappa shape index (κ2) is 5.52. The molecule has 0 aromatic heterocycles. The van der Waals surface area contributed by atoms with Gasteiger partial charge in [-0.05, 0) is 19.9 Å². The van der Waals surface area contributed by atoms with Crippen LogP contribution in [0.15, 0.2) is 12.1 Å². The Morgan fingerprint density at radius 1 is 1.33 bits per heavy atom. The van der Waals surface area contributed by atoms with E-state index in [1.807, 2.05) is 0 Å². The number of hydrogen-bond donors (Lipinski definition) is 0. The van der Waals surface area contributed by atoms with Gasteiger partial charge in [0, 0.05) is 13.1 Å². The van der Waals surface area contributed by atoms with E-state index in [-0.39, 0.29) is 0 Å². The number of nitro benzene ring substituents is 1. The zero-order valence-electron chi connectivity index (χ0n) is 9.94. The van der Waals surface area contributed by atoms with Crippen molar-refractivity contribution in [3.05, 3.63) is 39.4 Å². The fourth-order valence-corrected chi connectivity index (χ4v) is 1.54. The van der Waals surface area contributed by atoms with Gasteiger partial charge in [-0.1, -0.05) is 0 Å². The quantitative estimate of drug-likeness (QED) is 0.615. The minimum atomic E-state index is -1.31. The summed E-state index contributed by atoms with van der Waals surface area (Å²) in [5, 5.41) is 10.5. The molecule has 0 aliphatic heterocycles. The normalized spacial score (nSPS) is 10.2. The van der Waals surface area contributed by atoms with Gasteiger partial charge in [0.1, 0.15) is 5.82 Å². The molecule has 1 rings (SSSR count). The van der Waals surface area contributed by atoms with E-state index < -0.39 is 33.7 Å². The predicted octanol–water partition coefficient (Wildman–Crippen LogP) is 2.36. The van der Waals surface area contributed by atoms with Crippen LogP contribution in [0.2, 0.25) is 0 Å². The molecular formula is C11H12F2N2O3. The van der Waals surface area contributed by atoms with E-state index in [1.165, 1.54) is 4.90 Å². The summed E-state index contributed by atoms with van der Waals surface area (Å²) in [6.45, 7) is 3.96. The SMILES string of the molecule is CCN(CC)C(=O)c1cc(F)cc([N+](=O)[O-])c1F. The molecule has 0 spiro atoms. The average Bonchev–Trinajstić information content (AvgIpc) is 2.32. The molecule has 0 heterocycles. The number of nitrogens with zero attached hydrogens (tertiary/aromatic N) is 2. The van der Waals surface area contributed by atoms with Gasteiger partial charge >= 0.3 is 5.69 Å². The first-order valence-corrected chi connectivity index (χ1v) is 5.35. The van der Waals surface area contributed by atoms with Crippen molar-refractivity contribution >= 4 is 11.6 Å². The van der Waals surface area contributed by atoms with Gasteiger partial charge in [-0.2, -0.15) is 4.39 Å². The van der Waals surface area contributed by atoms with Gasteiger partial charge in [-0.3, -0.25) is 14.9 Å². The van der Waals surface area contributed by atoms with E-state index in [0.29, 0.717) is 25.2 Å². The highest BCUT2D eigenvalue weighted by Crippen LogP contribution is 2.23. The number of carbonyl (C=O) groups excluding carboxylic acids is 1. The molecule has 0 atom stereocenters. The van der Waals surface area contributed by atoms with E-state index in [9.17, 15) is 23.7 Å². The largest absolute Gasteiger partial charge is 0.339 e. The van der Waals surface area contributed by atoms with Crippen LogP contribution < -0.4 is 0 Å². The van der Waals surface area contributed by atoms with Gasteiger partial charge in [-0.25, -0.2) is 4.39 Å². The monoisotopic (exact) mass is 258 g/mol. The molecule has 7 heteroatoms. The van der Waals surface area contributed by atoms with Gasteiger partial charge in [0.25, 0.3) is 5.91 Å². The van der Waals surface area contributed by atoms with E-state index >= 15 is 0 Å². The van der Waals surface area contributed by atoms with Crippen LogP contribution in [0, 0.1) is 21.7 Å². The first-order valence-electron chi connectivity index (χ1n) is 5.35. The molecule has 0 saturated carbocycles. The Kier molecular flexibility index (Phi) is 4.30. The van der Waals surface area contributed by atoms with E-state index in [2.05, 4.69) is 0 Å². The van der Waals surface area contributed by atoms with Gasteiger partial charge in [-0.15, -0.1) is 0 Å². The highest BCUT2D eigenvalue weighted by Gasteiger charge is 2.26. The summed E-state index contributed by atoms with van der Waals surface area (Å²) >= 11 is 0. The smallest absolute Gasteiger partial charge is 0.308 e. The lowest BCUT2D eigenvalue weighted by molar-refractivity contribution is -0.387. The van der Waals surface area contributed by atoms with Crippen molar-refractivity contribution in [2.24, 2.45) is 0 Å². The summed E-state index contributed by atoms with van der Waals surface area (Å²) in [6, 6.07) is 1.12. The molecule has 1 amide bonds. The number of halogens is 2. The highest BCUT2D eigenvalue weighted by atomic mass is 19.1. The molecule has 1 aromatic carbocycles. The zero-order chi connectivity index (χ0) is 13.9. The van der Waals surface area contributed by atoms with Gasteiger partial charge in [0.2, 0.25) is 5.82 Å². The van der Waals surface area contributed by atoms with Crippen LogP contribution in [0.5, 0.6) is 0 Å². The molecule has 98 valence electrons. The molecule has 1 aromatic rings. The van der Waals surface area contributed by atoms with E-state index in [0.717, 1.165) is 0 Å². The van der Waals surface area contributed by atoms with Gasteiger partial charge in [0.05, 0.1) is 16.6 Å². The second-order valence-electron chi connectivity index (χ2n) is 3.52. The Hall–Kier alpha value is -2.05. The Morgan fingerprint density at radius 3 is 2.33 bits per heavy atom. The second-order valence-corrected chi connectivity index (χ2v) is 3.52. The molecule has 0 N–H and O–H groups in total. The molecule has 0 unspecified atom stereocenters. The Morgan fingerprint density at radius 2 is 1.89 bits per heavy atom. The molecule has 0 saturated heterocycles. The molecule has 0 aliphatic rings. The summed E-state index contributed by atoms with van der Waals surface area (Å²) in [7, 11) is 0. The topological polar surface area (TPSA) is 63.5 Å². The molecule has 0 radical (unpaired) electrons. The van der Waals surface area contributed by atoms with Crippen LogP contribution in [0.25, 0.3) is 0 Å². The van der Waals surface area contributed by atoms with Crippen LogP contribution in [0.4, 0.5) is 14.5 Å². The number of benzene rings is 1. The van der Waals surface area contributed by atoms with Gasteiger partial charge < -0.3 is 4.90 Å². The van der Waals surface area contributed by atoms with Crippen molar-refractivity contribution in [1.29, 1.82) is 0 Å². The third kappa shape index (κ3) is 2.61. The Labute approximate surface area is 102 Å². The van der Waals surface area contributed by atoms with E-state index in [4.69, 9.17) is 0 Å². The minimum absolute atomic E-state index is 0.305. The highest BCUT2D eigenvalue weighted by molar-refractivity contribution is 5.95.